The molecule has 1 rings (SSSR count). The van der Waals surface area contributed by atoms with Gasteiger partial charge in [0, 0.05) is 20.0 Å². The van der Waals surface area contributed by atoms with Crippen LogP contribution < -0.4 is 5.32 Å². The summed E-state index contributed by atoms with van der Waals surface area (Å²) in [7, 11) is 1.69. The van der Waals surface area contributed by atoms with Crippen molar-refractivity contribution in [3.63, 3.8) is 0 Å². The van der Waals surface area contributed by atoms with E-state index in [1.807, 2.05) is 20.8 Å². The third kappa shape index (κ3) is 2.72. The maximum atomic E-state index is 11.7. The van der Waals surface area contributed by atoms with Crippen molar-refractivity contribution < 1.29 is 9.59 Å². The van der Waals surface area contributed by atoms with E-state index in [0.717, 1.165) is 0 Å². The minimum Gasteiger partial charge on any atom is -0.326 e. The molecule has 0 spiro atoms. The highest BCUT2D eigenvalue weighted by Crippen LogP contribution is 2.20. The minimum atomic E-state index is -0.313. The highest BCUT2D eigenvalue weighted by atomic mass is 16.2. The van der Waals surface area contributed by atoms with Crippen LogP contribution in [0.4, 0.5) is 4.79 Å². The Morgan fingerprint density at radius 1 is 1.57 bits per heavy atom. The molecule has 2 amide bonds. The zero-order valence-electron chi connectivity index (χ0n) is 9.26. The minimum absolute atomic E-state index is 0.0109. The summed E-state index contributed by atoms with van der Waals surface area (Å²) in [5.41, 5.74) is -0.0109. The Bertz CT molecular complexity index is 255. The summed E-state index contributed by atoms with van der Waals surface area (Å²) >= 11 is 0. The van der Waals surface area contributed by atoms with Gasteiger partial charge in [-0.3, -0.25) is 4.79 Å². The lowest BCUT2D eigenvalue weighted by Crippen LogP contribution is -2.36. The Labute approximate surface area is 84.7 Å². The second-order valence-corrected chi connectivity index (χ2v) is 5.09. The van der Waals surface area contributed by atoms with E-state index in [0.29, 0.717) is 13.0 Å². The van der Waals surface area contributed by atoms with Crippen LogP contribution in [0.15, 0.2) is 0 Å². The molecule has 1 aliphatic heterocycles. The topological polar surface area (TPSA) is 49.4 Å². The van der Waals surface area contributed by atoms with E-state index < -0.39 is 0 Å². The Kier molecular flexibility index (Phi) is 2.83. The number of likely N-dealkylation sites (N-methyl/N-ethyl adjacent to an activating group) is 1. The van der Waals surface area contributed by atoms with E-state index in [2.05, 4.69) is 5.32 Å². The number of hydrogen-bond donors (Lipinski definition) is 1. The van der Waals surface area contributed by atoms with E-state index in [-0.39, 0.29) is 23.3 Å². The van der Waals surface area contributed by atoms with Crippen LogP contribution in [-0.4, -0.2) is 36.3 Å². The lowest BCUT2D eigenvalue weighted by molar-refractivity contribution is -0.122. The molecule has 0 radical (unpaired) electrons. The van der Waals surface area contributed by atoms with Gasteiger partial charge in [-0.2, -0.15) is 0 Å². The molecule has 0 aromatic heterocycles. The number of carbonyl (C=O) groups is 2. The van der Waals surface area contributed by atoms with Crippen LogP contribution in [0.25, 0.3) is 0 Å². The van der Waals surface area contributed by atoms with Crippen molar-refractivity contribution in [1.82, 2.24) is 10.2 Å². The lowest BCUT2D eigenvalue weighted by Gasteiger charge is -2.19. The van der Waals surface area contributed by atoms with Gasteiger partial charge in [-0.25, -0.2) is 4.79 Å². The maximum absolute atomic E-state index is 11.7. The molecule has 14 heavy (non-hydrogen) atoms. The fourth-order valence-corrected chi connectivity index (χ4v) is 1.49. The molecule has 0 unspecified atom stereocenters. The van der Waals surface area contributed by atoms with Crippen LogP contribution >= 0.6 is 0 Å². The standard InChI is InChI=1S/C10H18N2O2/c1-10(2,3)5-8(13)7-6-12(4)9(14)11-7/h7H,5-6H2,1-4H3,(H,11,14)/t7-/m0/s1. The van der Waals surface area contributed by atoms with Gasteiger partial charge in [-0.1, -0.05) is 20.8 Å². The Hall–Kier alpha value is -1.06. The number of rotatable bonds is 2. The van der Waals surface area contributed by atoms with Gasteiger partial charge in [0.25, 0.3) is 0 Å². The highest BCUT2D eigenvalue weighted by Gasteiger charge is 2.32. The summed E-state index contributed by atoms with van der Waals surface area (Å²) in [6.45, 7) is 6.55. The van der Waals surface area contributed by atoms with Crippen molar-refractivity contribution in [1.29, 1.82) is 0 Å². The summed E-state index contributed by atoms with van der Waals surface area (Å²) in [6.07, 6.45) is 0.506. The predicted molar refractivity (Wildman–Crippen MR) is 54.0 cm³/mol. The molecule has 1 N–H and O–H groups in total. The largest absolute Gasteiger partial charge is 0.326 e. The molecule has 0 aromatic carbocycles. The first-order valence-electron chi connectivity index (χ1n) is 4.84. The van der Waals surface area contributed by atoms with Crippen molar-refractivity contribution in [2.45, 2.75) is 33.2 Å². The zero-order chi connectivity index (χ0) is 10.9. The average Bonchev–Trinajstić information content (AvgIpc) is 2.28. The number of urea groups is 1. The highest BCUT2D eigenvalue weighted by molar-refractivity contribution is 5.91. The zero-order valence-corrected chi connectivity index (χ0v) is 9.26. The third-order valence-electron chi connectivity index (χ3n) is 2.19. The quantitative estimate of drug-likeness (QED) is 0.720. The first kappa shape index (κ1) is 11.0. The molecule has 4 nitrogen and oxygen atoms in total. The lowest BCUT2D eigenvalue weighted by atomic mass is 9.88. The molecule has 0 aromatic rings. The molecule has 80 valence electrons. The summed E-state index contributed by atoms with van der Waals surface area (Å²) in [5, 5.41) is 2.66. The fourth-order valence-electron chi connectivity index (χ4n) is 1.49. The monoisotopic (exact) mass is 198 g/mol. The molecule has 0 saturated carbocycles. The van der Waals surface area contributed by atoms with Crippen LogP contribution in [0.5, 0.6) is 0 Å². The smallest absolute Gasteiger partial charge is 0.317 e. The molecule has 1 heterocycles. The van der Waals surface area contributed by atoms with E-state index >= 15 is 0 Å². The number of nitrogens with one attached hydrogen (secondary N) is 1. The first-order valence-corrected chi connectivity index (χ1v) is 4.84. The maximum Gasteiger partial charge on any atom is 0.317 e. The number of ketones is 1. The third-order valence-corrected chi connectivity index (χ3v) is 2.19. The van der Waals surface area contributed by atoms with E-state index in [1.165, 1.54) is 4.90 Å². The van der Waals surface area contributed by atoms with Crippen LogP contribution in [0.2, 0.25) is 0 Å². The number of hydrogen-bond acceptors (Lipinski definition) is 2. The Morgan fingerprint density at radius 2 is 2.14 bits per heavy atom. The number of Topliss-reactive ketones (excluding diaryl/α,β-unsaturated/α-hetero) is 1. The van der Waals surface area contributed by atoms with Crippen LogP contribution in [0.3, 0.4) is 0 Å². The predicted octanol–water partition coefficient (Wildman–Crippen LogP) is 1.02. The normalized spacial score (nSPS) is 22.4. The molecule has 1 fully saturated rings. The van der Waals surface area contributed by atoms with Crippen molar-refractivity contribution in [3.05, 3.63) is 0 Å². The SMILES string of the molecule is CN1C[C@@H](C(=O)CC(C)(C)C)NC1=O. The summed E-state index contributed by atoms with van der Waals surface area (Å²) < 4.78 is 0. The van der Waals surface area contributed by atoms with Crippen LogP contribution in [-0.2, 0) is 4.79 Å². The Balaban J connectivity index is 2.52. The molecule has 4 heteroatoms. The molecular formula is C10H18N2O2. The summed E-state index contributed by atoms with van der Waals surface area (Å²) in [5.74, 6) is 0.121. The van der Waals surface area contributed by atoms with Gasteiger partial charge in [0.1, 0.15) is 6.04 Å². The van der Waals surface area contributed by atoms with Gasteiger partial charge in [0.15, 0.2) is 5.78 Å². The number of amides is 2. The Morgan fingerprint density at radius 3 is 2.50 bits per heavy atom. The van der Waals surface area contributed by atoms with Gasteiger partial charge < -0.3 is 10.2 Å². The molecular weight excluding hydrogens is 180 g/mol. The van der Waals surface area contributed by atoms with Gasteiger partial charge >= 0.3 is 6.03 Å². The van der Waals surface area contributed by atoms with Crippen molar-refractivity contribution in [2.75, 3.05) is 13.6 Å². The van der Waals surface area contributed by atoms with Gasteiger partial charge in [-0.05, 0) is 5.41 Å². The second kappa shape index (κ2) is 3.59. The van der Waals surface area contributed by atoms with E-state index in [4.69, 9.17) is 0 Å². The van der Waals surface area contributed by atoms with Gasteiger partial charge in [-0.15, -0.1) is 0 Å². The van der Waals surface area contributed by atoms with Crippen LogP contribution in [0.1, 0.15) is 27.2 Å². The van der Waals surface area contributed by atoms with Gasteiger partial charge in [0.05, 0.1) is 0 Å². The van der Waals surface area contributed by atoms with Gasteiger partial charge in [0.2, 0.25) is 0 Å². The first-order chi connectivity index (χ1) is 6.29. The number of nitrogens with zero attached hydrogens (tertiary/aromatic N) is 1. The molecule has 0 bridgehead atoms. The molecule has 1 saturated heterocycles. The second-order valence-electron chi connectivity index (χ2n) is 5.09. The van der Waals surface area contributed by atoms with Crippen molar-refractivity contribution in [2.24, 2.45) is 5.41 Å². The molecule has 1 aliphatic rings. The molecule has 1 atom stereocenters. The molecule has 0 aliphatic carbocycles. The average molecular weight is 198 g/mol. The van der Waals surface area contributed by atoms with E-state index in [9.17, 15) is 9.59 Å². The van der Waals surface area contributed by atoms with Crippen molar-refractivity contribution in [3.8, 4) is 0 Å². The fraction of sp³-hybridized carbons (Fsp3) is 0.800. The number of carbonyl (C=O) groups excluding carboxylic acids is 2. The van der Waals surface area contributed by atoms with Crippen molar-refractivity contribution >= 4 is 11.8 Å². The van der Waals surface area contributed by atoms with Crippen LogP contribution in [0, 0.1) is 5.41 Å². The summed E-state index contributed by atoms with van der Waals surface area (Å²) in [6, 6.07) is -0.469. The van der Waals surface area contributed by atoms with E-state index in [1.54, 1.807) is 7.05 Å². The summed E-state index contributed by atoms with van der Waals surface area (Å²) in [4.78, 5) is 24.4.